The van der Waals surface area contributed by atoms with E-state index in [0.717, 1.165) is 12.8 Å². The SMILES string of the molecule is O=C(O)C1CC=[C]CC1. The highest BCUT2D eigenvalue weighted by atomic mass is 16.4. The summed E-state index contributed by atoms with van der Waals surface area (Å²) in [5, 5.41) is 8.49. The van der Waals surface area contributed by atoms with Crippen LogP contribution in [0.3, 0.4) is 0 Å². The lowest BCUT2D eigenvalue weighted by Crippen LogP contribution is -2.14. The quantitative estimate of drug-likeness (QED) is 0.572. The van der Waals surface area contributed by atoms with E-state index in [1.54, 1.807) is 0 Å². The van der Waals surface area contributed by atoms with E-state index in [1.165, 1.54) is 0 Å². The van der Waals surface area contributed by atoms with E-state index in [4.69, 9.17) is 5.11 Å². The molecule has 1 radical (unpaired) electrons. The zero-order valence-electron chi connectivity index (χ0n) is 5.13. The summed E-state index contributed by atoms with van der Waals surface area (Å²) in [5.41, 5.74) is 0. The van der Waals surface area contributed by atoms with Gasteiger partial charge in [0.1, 0.15) is 0 Å². The lowest BCUT2D eigenvalue weighted by atomic mass is 9.95. The van der Waals surface area contributed by atoms with Gasteiger partial charge in [0.2, 0.25) is 0 Å². The molecule has 1 aliphatic rings. The van der Waals surface area contributed by atoms with Gasteiger partial charge >= 0.3 is 5.97 Å². The number of carboxylic acid groups (broad SMARTS) is 1. The Morgan fingerprint density at radius 3 is 2.89 bits per heavy atom. The van der Waals surface area contributed by atoms with Gasteiger partial charge in [0.15, 0.2) is 0 Å². The largest absolute Gasteiger partial charge is 0.481 e. The average molecular weight is 125 g/mol. The van der Waals surface area contributed by atoms with Crippen LogP contribution in [-0.2, 0) is 4.79 Å². The third-order valence-electron chi connectivity index (χ3n) is 1.53. The molecule has 2 nitrogen and oxygen atoms in total. The number of carbonyl (C=O) groups is 1. The predicted octanol–water partition coefficient (Wildman–Crippen LogP) is 1.23. The maximum absolute atomic E-state index is 10.3. The van der Waals surface area contributed by atoms with Gasteiger partial charge in [0.25, 0.3) is 0 Å². The lowest BCUT2D eigenvalue weighted by molar-refractivity contribution is -0.141. The summed E-state index contributed by atoms with van der Waals surface area (Å²) < 4.78 is 0. The number of aliphatic carboxylic acids is 1. The first-order valence-electron chi connectivity index (χ1n) is 3.08. The van der Waals surface area contributed by atoms with Gasteiger partial charge in [-0.3, -0.25) is 4.79 Å². The highest BCUT2D eigenvalue weighted by Crippen LogP contribution is 2.16. The molecule has 0 bridgehead atoms. The van der Waals surface area contributed by atoms with Crippen molar-refractivity contribution < 1.29 is 9.90 Å². The molecule has 0 saturated carbocycles. The fourth-order valence-electron chi connectivity index (χ4n) is 0.927. The average Bonchev–Trinajstić information content (AvgIpc) is 1.90. The fourth-order valence-corrected chi connectivity index (χ4v) is 0.927. The normalized spacial score (nSPS) is 26.0. The maximum atomic E-state index is 10.3. The van der Waals surface area contributed by atoms with Crippen molar-refractivity contribution in [3.05, 3.63) is 12.2 Å². The topological polar surface area (TPSA) is 37.3 Å². The van der Waals surface area contributed by atoms with Crippen molar-refractivity contribution >= 4 is 5.97 Å². The molecule has 1 atom stereocenters. The molecule has 9 heavy (non-hydrogen) atoms. The van der Waals surface area contributed by atoms with Crippen molar-refractivity contribution in [2.24, 2.45) is 5.92 Å². The predicted molar refractivity (Wildman–Crippen MR) is 32.8 cm³/mol. The molecule has 1 rings (SSSR count). The van der Waals surface area contributed by atoms with Gasteiger partial charge in [0.05, 0.1) is 5.92 Å². The molecule has 0 amide bonds. The standard InChI is InChI=1S/C7H9O2/c8-7(9)6-4-2-1-3-5-6/h2,6H,3-5H2,(H,8,9). The van der Waals surface area contributed by atoms with E-state index in [2.05, 4.69) is 6.08 Å². The molecule has 1 aliphatic carbocycles. The Morgan fingerprint density at radius 2 is 2.56 bits per heavy atom. The van der Waals surface area contributed by atoms with Gasteiger partial charge in [-0.2, -0.15) is 0 Å². The van der Waals surface area contributed by atoms with Crippen molar-refractivity contribution in [3.8, 4) is 0 Å². The van der Waals surface area contributed by atoms with Crippen molar-refractivity contribution in [3.63, 3.8) is 0 Å². The molecule has 1 unspecified atom stereocenters. The molecule has 1 N–H and O–H groups in total. The summed E-state index contributed by atoms with van der Waals surface area (Å²) in [6.45, 7) is 0. The summed E-state index contributed by atoms with van der Waals surface area (Å²) in [7, 11) is 0. The minimum absolute atomic E-state index is 0.147. The second-order valence-corrected chi connectivity index (χ2v) is 2.22. The molecule has 0 fully saturated rings. The summed E-state index contributed by atoms with van der Waals surface area (Å²) in [5.74, 6) is -0.820. The van der Waals surface area contributed by atoms with Gasteiger partial charge in [-0.05, 0) is 25.3 Å². The monoisotopic (exact) mass is 125 g/mol. The first-order valence-corrected chi connectivity index (χ1v) is 3.08. The maximum Gasteiger partial charge on any atom is 0.306 e. The van der Waals surface area contributed by atoms with Crippen LogP contribution in [0.2, 0.25) is 0 Å². The Labute approximate surface area is 54.2 Å². The third kappa shape index (κ3) is 1.56. The Morgan fingerprint density at radius 1 is 1.78 bits per heavy atom. The first kappa shape index (κ1) is 6.33. The number of hydrogen-bond acceptors (Lipinski definition) is 1. The van der Waals surface area contributed by atoms with Crippen LogP contribution in [-0.4, -0.2) is 11.1 Å². The van der Waals surface area contributed by atoms with Crippen LogP contribution < -0.4 is 0 Å². The lowest BCUT2D eigenvalue weighted by Gasteiger charge is -2.10. The highest BCUT2D eigenvalue weighted by molar-refractivity contribution is 5.70. The second-order valence-electron chi connectivity index (χ2n) is 2.22. The van der Waals surface area contributed by atoms with E-state index < -0.39 is 5.97 Å². The summed E-state index contributed by atoms with van der Waals surface area (Å²) in [6, 6.07) is 0. The first-order chi connectivity index (χ1) is 4.30. The van der Waals surface area contributed by atoms with Crippen LogP contribution >= 0.6 is 0 Å². The number of rotatable bonds is 1. The van der Waals surface area contributed by atoms with Crippen LogP contribution in [0.5, 0.6) is 0 Å². The van der Waals surface area contributed by atoms with Crippen LogP contribution in [0.25, 0.3) is 0 Å². The van der Waals surface area contributed by atoms with Crippen LogP contribution in [0.1, 0.15) is 19.3 Å². The zero-order valence-corrected chi connectivity index (χ0v) is 5.13. The van der Waals surface area contributed by atoms with Crippen molar-refractivity contribution in [2.75, 3.05) is 0 Å². The summed E-state index contributed by atoms with van der Waals surface area (Å²) >= 11 is 0. The van der Waals surface area contributed by atoms with Crippen LogP contribution in [0, 0.1) is 12.0 Å². The molecule has 0 saturated heterocycles. The van der Waals surface area contributed by atoms with Gasteiger partial charge in [-0.1, -0.05) is 6.08 Å². The number of carboxylic acids is 1. The van der Waals surface area contributed by atoms with Crippen LogP contribution in [0.15, 0.2) is 6.08 Å². The van der Waals surface area contributed by atoms with Gasteiger partial charge in [-0.25, -0.2) is 0 Å². The molecule has 0 aromatic carbocycles. The van der Waals surface area contributed by atoms with Crippen molar-refractivity contribution in [1.82, 2.24) is 0 Å². The minimum atomic E-state index is -0.673. The van der Waals surface area contributed by atoms with Crippen molar-refractivity contribution in [2.45, 2.75) is 19.3 Å². The van der Waals surface area contributed by atoms with Gasteiger partial charge in [0, 0.05) is 0 Å². The molecule has 2 heteroatoms. The minimum Gasteiger partial charge on any atom is -0.481 e. The third-order valence-corrected chi connectivity index (χ3v) is 1.53. The Balaban J connectivity index is 2.44. The number of hydrogen-bond donors (Lipinski definition) is 1. The molecule has 0 aromatic rings. The fraction of sp³-hybridized carbons (Fsp3) is 0.571. The van der Waals surface area contributed by atoms with E-state index in [9.17, 15) is 4.79 Å². The van der Waals surface area contributed by atoms with Gasteiger partial charge in [-0.15, -0.1) is 0 Å². The molecule has 49 valence electrons. The zero-order chi connectivity index (χ0) is 6.69. The Kier molecular flexibility index (Phi) is 1.88. The highest BCUT2D eigenvalue weighted by Gasteiger charge is 2.16. The Bertz CT molecular complexity index is 138. The van der Waals surface area contributed by atoms with Gasteiger partial charge < -0.3 is 5.11 Å². The molecule has 0 aromatic heterocycles. The second kappa shape index (κ2) is 2.67. The molecule has 0 heterocycles. The van der Waals surface area contributed by atoms with E-state index >= 15 is 0 Å². The van der Waals surface area contributed by atoms with E-state index in [1.807, 2.05) is 6.08 Å². The number of allylic oxidation sites excluding steroid dienone is 2. The molecular formula is C7H9O2. The summed E-state index contributed by atoms with van der Waals surface area (Å²) in [4.78, 5) is 10.3. The summed E-state index contributed by atoms with van der Waals surface area (Å²) in [6.07, 6.45) is 7.02. The van der Waals surface area contributed by atoms with Crippen LogP contribution in [0.4, 0.5) is 0 Å². The van der Waals surface area contributed by atoms with E-state index in [0.29, 0.717) is 6.42 Å². The smallest absolute Gasteiger partial charge is 0.306 e. The van der Waals surface area contributed by atoms with Crippen molar-refractivity contribution in [1.29, 1.82) is 0 Å². The molecule has 0 spiro atoms. The Hall–Kier alpha value is -0.790. The van der Waals surface area contributed by atoms with E-state index in [-0.39, 0.29) is 5.92 Å². The molecular weight excluding hydrogens is 116 g/mol. The molecule has 0 aliphatic heterocycles.